The van der Waals surface area contributed by atoms with Gasteiger partial charge in [-0.15, -0.1) is 0 Å². The van der Waals surface area contributed by atoms with Gasteiger partial charge in [0.2, 0.25) is 5.92 Å². The second-order valence-corrected chi connectivity index (χ2v) is 6.37. The van der Waals surface area contributed by atoms with Gasteiger partial charge in [0.15, 0.2) is 0 Å². The van der Waals surface area contributed by atoms with Crippen LogP contribution in [-0.4, -0.2) is 11.3 Å². The van der Waals surface area contributed by atoms with Gasteiger partial charge in [-0.25, -0.2) is 8.78 Å². The van der Waals surface area contributed by atoms with Crippen molar-refractivity contribution in [1.82, 2.24) is 0 Å². The van der Waals surface area contributed by atoms with Crippen molar-refractivity contribution < 1.29 is 8.78 Å². The molecular formula is C16H31BrF2. The highest BCUT2D eigenvalue weighted by atomic mass is 79.9. The van der Waals surface area contributed by atoms with Crippen LogP contribution in [0, 0.1) is 0 Å². The molecule has 0 aromatic rings. The Hall–Kier alpha value is 0.340. The molecule has 0 unspecified atom stereocenters. The maximum Gasteiger partial charge on any atom is 0.248 e. The minimum absolute atomic E-state index is 0.0799. The number of rotatable bonds is 14. The third kappa shape index (κ3) is 14.6. The standard InChI is InChI=1S/C16H31BrF2/c1-2-3-4-5-6-7-8-10-13-16(18,19)14-11-9-12-15-17/h2-15H2,1H3. The van der Waals surface area contributed by atoms with E-state index >= 15 is 0 Å². The Morgan fingerprint density at radius 3 is 1.58 bits per heavy atom. The number of hydrogen-bond acceptors (Lipinski definition) is 0. The zero-order chi connectivity index (χ0) is 14.4. The minimum atomic E-state index is -2.42. The van der Waals surface area contributed by atoms with E-state index in [1.807, 2.05) is 0 Å². The van der Waals surface area contributed by atoms with Crippen molar-refractivity contribution >= 4 is 15.9 Å². The molecule has 0 saturated carbocycles. The van der Waals surface area contributed by atoms with E-state index in [1.165, 1.54) is 32.1 Å². The third-order valence-corrected chi connectivity index (χ3v) is 4.13. The molecule has 19 heavy (non-hydrogen) atoms. The molecule has 0 N–H and O–H groups in total. The maximum absolute atomic E-state index is 13.5. The molecule has 0 aromatic heterocycles. The summed E-state index contributed by atoms with van der Waals surface area (Å²) in [5, 5.41) is 0.927. The summed E-state index contributed by atoms with van der Waals surface area (Å²) in [6.07, 6.45) is 11.9. The first-order valence-corrected chi connectivity index (χ1v) is 9.18. The molecule has 0 saturated heterocycles. The van der Waals surface area contributed by atoms with Crippen molar-refractivity contribution in [1.29, 1.82) is 0 Å². The lowest BCUT2D eigenvalue weighted by molar-refractivity contribution is -0.0205. The second kappa shape index (κ2) is 13.3. The first kappa shape index (κ1) is 19.3. The smallest absolute Gasteiger partial charge is 0.207 e. The first-order chi connectivity index (χ1) is 9.12. The zero-order valence-electron chi connectivity index (χ0n) is 12.5. The van der Waals surface area contributed by atoms with E-state index in [4.69, 9.17) is 0 Å². The molecule has 0 radical (unpaired) electrons. The van der Waals surface area contributed by atoms with E-state index in [1.54, 1.807) is 0 Å². The van der Waals surface area contributed by atoms with Gasteiger partial charge in [0.25, 0.3) is 0 Å². The largest absolute Gasteiger partial charge is 0.248 e. The quantitative estimate of drug-likeness (QED) is 0.233. The topological polar surface area (TPSA) is 0 Å². The van der Waals surface area contributed by atoms with Crippen LogP contribution >= 0.6 is 15.9 Å². The molecule has 0 heterocycles. The summed E-state index contributed by atoms with van der Waals surface area (Å²) in [7, 11) is 0. The molecule has 0 spiro atoms. The minimum Gasteiger partial charge on any atom is -0.207 e. The SMILES string of the molecule is CCCCCCCCCCC(F)(F)CCCCCBr. The fourth-order valence-corrected chi connectivity index (χ4v) is 2.69. The molecule has 0 aliphatic carbocycles. The molecule has 0 bridgehead atoms. The highest BCUT2D eigenvalue weighted by Gasteiger charge is 2.26. The average Bonchev–Trinajstić information content (AvgIpc) is 2.38. The van der Waals surface area contributed by atoms with E-state index in [9.17, 15) is 8.78 Å². The first-order valence-electron chi connectivity index (χ1n) is 8.06. The van der Waals surface area contributed by atoms with Gasteiger partial charge >= 0.3 is 0 Å². The average molecular weight is 341 g/mol. The fourth-order valence-electron chi connectivity index (χ4n) is 2.30. The fraction of sp³-hybridized carbons (Fsp3) is 1.00. The van der Waals surface area contributed by atoms with E-state index in [0.717, 1.165) is 31.0 Å². The number of unbranched alkanes of at least 4 members (excludes halogenated alkanes) is 9. The molecule has 0 aromatic carbocycles. The van der Waals surface area contributed by atoms with Crippen molar-refractivity contribution in [3.8, 4) is 0 Å². The third-order valence-electron chi connectivity index (χ3n) is 3.57. The van der Waals surface area contributed by atoms with E-state index in [2.05, 4.69) is 22.9 Å². The van der Waals surface area contributed by atoms with Crippen LogP contribution in [0.5, 0.6) is 0 Å². The Morgan fingerprint density at radius 2 is 1.11 bits per heavy atom. The number of alkyl halides is 3. The van der Waals surface area contributed by atoms with Gasteiger partial charge in [-0.05, 0) is 19.3 Å². The molecule has 0 nitrogen and oxygen atoms in total. The Labute approximate surface area is 126 Å². The molecule has 0 aliphatic heterocycles. The van der Waals surface area contributed by atoms with Crippen molar-refractivity contribution in [2.45, 2.75) is 96.3 Å². The summed E-state index contributed by atoms with van der Waals surface area (Å²) in [5.41, 5.74) is 0. The van der Waals surface area contributed by atoms with Crippen LogP contribution in [0.1, 0.15) is 90.4 Å². The Bertz CT molecular complexity index is 184. The van der Waals surface area contributed by atoms with Crippen LogP contribution in [0.25, 0.3) is 0 Å². The predicted molar refractivity (Wildman–Crippen MR) is 84.4 cm³/mol. The number of halogens is 3. The Kier molecular flexibility index (Phi) is 13.6. The van der Waals surface area contributed by atoms with Gasteiger partial charge in [0.1, 0.15) is 0 Å². The Morgan fingerprint density at radius 1 is 0.684 bits per heavy atom. The molecule has 0 fully saturated rings. The van der Waals surface area contributed by atoms with Crippen LogP contribution in [0.3, 0.4) is 0 Å². The van der Waals surface area contributed by atoms with Crippen molar-refractivity contribution in [3.05, 3.63) is 0 Å². The summed E-state index contributed by atoms with van der Waals surface area (Å²) in [6.45, 7) is 2.21. The normalized spacial score (nSPS) is 12.0. The van der Waals surface area contributed by atoms with Crippen LogP contribution in [0.15, 0.2) is 0 Å². The van der Waals surface area contributed by atoms with Gasteiger partial charge in [-0.3, -0.25) is 0 Å². The van der Waals surface area contributed by atoms with E-state index < -0.39 is 5.92 Å². The predicted octanol–water partition coefficient (Wildman–Crippen LogP) is 7.11. The lowest BCUT2D eigenvalue weighted by Crippen LogP contribution is -2.15. The monoisotopic (exact) mass is 340 g/mol. The van der Waals surface area contributed by atoms with Gasteiger partial charge in [0.05, 0.1) is 0 Å². The zero-order valence-corrected chi connectivity index (χ0v) is 14.1. The lowest BCUT2D eigenvalue weighted by atomic mass is 10.0. The lowest BCUT2D eigenvalue weighted by Gasteiger charge is -2.15. The number of hydrogen-bond donors (Lipinski definition) is 0. The van der Waals surface area contributed by atoms with Crippen LogP contribution < -0.4 is 0 Å². The molecule has 0 amide bonds. The van der Waals surface area contributed by atoms with Crippen molar-refractivity contribution in [2.24, 2.45) is 0 Å². The molecule has 0 atom stereocenters. The van der Waals surface area contributed by atoms with Gasteiger partial charge in [-0.1, -0.05) is 74.2 Å². The summed E-state index contributed by atoms with van der Waals surface area (Å²) < 4.78 is 27.0. The highest BCUT2D eigenvalue weighted by Crippen LogP contribution is 2.28. The van der Waals surface area contributed by atoms with Crippen molar-refractivity contribution in [3.63, 3.8) is 0 Å². The molecular weight excluding hydrogens is 310 g/mol. The van der Waals surface area contributed by atoms with Crippen molar-refractivity contribution in [2.75, 3.05) is 5.33 Å². The molecule has 0 aliphatic rings. The molecule has 0 rings (SSSR count). The maximum atomic E-state index is 13.5. The summed E-state index contributed by atoms with van der Waals surface area (Å²) >= 11 is 3.32. The van der Waals surface area contributed by atoms with Crippen LogP contribution in [0.2, 0.25) is 0 Å². The van der Waals surface area contributed by atoms with Gasteiger partial charge in [0, 0.05) is 18.2 Å². The summed E-state index contributed by atoms with van der Waals surface area (Å²) in [4.78, 5) is 0. The van der Waals surface area contributed by atoms with Crippen LogP contribution in [-0.2, 0) is 0 Å². The van der Waals surface area contributed by atoms with Gasteiger partial charge < -0.3 is 0 Å². The molecule has 3 heteroatoms. The van der Waals surface area contributed by atoms with E-state index in [0.29, 0.717) is 12.8 Å². The highest BCUT2D eigenvalue weighted by molar-refractivity contribution is 9.09. The van der Waals surface area contributed by atoms with Crippen LogP contribution in [0.4, 0.5) is 8.78 Å². The summed E-state index contributed by atoms with van der Waals surface area (Å²) in [5.74, 6) is -2.42. The van der Waals surface area contributed by atoms with E-state index in [-0.39, 0.29) is 12.8 Å². The van der Waals surface area contributed by atoms with Gasteiger partial charge in [-0.2, -0.15) is 0 Å². The second-order valence-electron chi connectivity index (χ2n) is 5.58. The Balaban J connectivity index is 3.32. The summed E-state index contributed by atoms with van der Waals surface area (Å²) in [6, 6.07) is 0. The molecule has 116 valence electrons.